The first-order valence-electron chi connectivity index (χ1n) is 15.1. The second-order valence-electron chi connectivity index (χ2n) is 11.8. The van der Waals surface area contributed by atoms with Crippen molar-refractivity contribution in [2.24, 2.45) is 0 Å². The van der Waals surface area contributed by atoms with Gasteiger partial charge in [-0.3, -0.25) is 0 Å². The van der Waals surface area contributed by atoms with E-state index in [0.29, 0.717) is 0 Å². The van der Waals surface area contributed by atoms with Gasteiger partial charge in [-0.2, -0.15) is 0 Å². The van der Waals surface area contributed by atoms with Crippen LogP contribution in [0.25, 0.3) is 96.5 Å². The maximum atomic E-state index is 3.73. The number of benzene rings is 8. The van der Waals surface area contributed by atoms with E-state index in [9.17, 15) is 0 Å². The first-order chi connectivity index (χ1) is 21.8. The van der Waals surface area contributed by atoms with E-state index in [2.05, 4.69) is 151 Å². The van der Waals surface area contributed by atoms with Crippen LogP contribution in [0.3, 0.4) is 0 Å². The molecule has 2 heteroatoms. The zero-order chi connectivity index (χ0) is 28.8. The molecule has 0 aliphatic heterocycles. The number of hydrogen-bond donors (Lipinski definition) is 1. The number of thiophene rings is 1. The second kappa shape index (κ2) is 9.03. The summed E-state index contributed by atoms with van der Waals surface area (Å²) >= 11 is 1.87. The van der Waals surface area contributed by atoms with Crippen molar-refractivity contribution in [2.75, 3.05) is 0 Å². The van der Waals surface area contributed by atoms with Gasteiger partial charge in [0.25, 0.3) is 0 Å². The van der Waals surface area contributed by atoms with Crippen LogP contribution in [-0.4, -0.2) is 4.98 Å². The van der Waals surface area contributed by atoms with E-state index < -0.39 is 0 Å². The summed E-state index contributed by atoms with van der Waals surface area (Å²) in [5.74, 6) is 0. The van der Waals surface area contributed by atoms with Crippen molar-refractivity contribution in [3.8, 4) is 22.3 Å². The molecule has 0 saturated carbocycles. The minimum atomic E-state index is 1.17. The Balaban J connectivity index is 1.10. The largest absolute Gasteiger partial charge is 0.354 e. The molecule has 0 spiro atoms. The number of nitrogens with one attached hydrogen (secondary N) is 1. The fourth-order valence-corrected chi connectivity index (χ4v) is 8.40. The standard InChI is InChI=1S/C42H25NS/c1-2-12-31-29(10-1)30-11-3-4-13-32(30)36-21-27(16-18-33(31)36)25-8-7-9-26(20-25)28-17-19-34-37-23-38-35-14-5-6-15-41(35)44-42(38)24-40(37)43-39(34)22-28/h1-24,43H. The highest BCUT2D eigenvalue weighted by atomic mass is 32.1. The van der Waals surface area contributed by atoms with Gasteiger partial charge >= 0.3 is 0 Å². The van der Waals surface area contributed by atoms with Crippen molar-refractivity contribution in [1.82, 2.24) is 4.98 Å². The third kappa shape index (κ3) is 3.46. The highest BCUT2D eigenvalue weighted by Gasteiger charge is 2.13. The maximum absolute atomic E-state index is 3.73. The van der Waals surface area contributed by atoms with Crippen molar-refractivity contribution in [1.29, 1.82) is 0 Å². The van der Waals surface area contributed by atoms with Crippen LogP contribution >= 0.6 is 11.3 Å². The van der Waals surface area contributed by atoms with Crippen molar-refractivity contribution in [3.63, 3.8) is 0 Å². The average molecular weight is 576 g/mol. The number of H-pyrrole nitrogens is 1. The lowest BCUT2D eigenvalue weighted by Crippen LogP contribution is -1.86. The second-order valence-corrected chi connectivity index (χ2v) is 12.9. The zero-order valence-corrected chi connectivity index (χ0v) is 24.6. The molecular weight excluding hydrogens is 551 g/mol. The Morgan fingerprint density at radius 1 is 0.295 bits per heavy atom. The molecule has 0 fully saturated rings. The molecule has 204 valence electrons. The molecule has 0 radical (unpaired) electrons. The van der Waals surface area contributed by atoms with Crippen LogP contribution < -0.4 is 0 Å². The topological polar surface area (TPSA) is 15.8 Å². The zero-order valence-electron chi connectivity index (χ0n) is 23.8. The van der Waals surface area contributed by atoms with Gasteiger partial charge in [-0.15, -0.1) is 11.3 Å². The van der Waals surface area contributed by atoms with Gasteiger partial charge in [0, 0.05) is 42.0 Å². The van der Waals surface area contributed by atoms with Gasteiger partial charge in [0.15, 0.2) is 0 Å². The van der Waals surface area contributed by atoms with E-state index in [1.54, 1.807) is 0 Å². The summed E-state index contributed by atoms with van der Waals surface area (Å²) in [5, 5.41) is 13.1. The Hall–Kier alpha value is -5.44. The van der Waals surface area contributed by atoms with Crippen LogP contribution in [0.5, 0.6) is 0 Å². The molecule has 2 aromatic heterocycles. The van der Waals surface area contributed by atoms with E-state index >= 15 is 0 Å². The average Bonchev–Trinajstić information content (AvgIpc) is 3.64. The molecule has 0 unspecified atom stereocenters. The van der Waals surface area contributed by atoms with Gasteiger partial charge < -0.3 is 4.98 Å². The van der Waals surface area contributed by atoms with E-state index in [4.69, 9.17) is 0 Å². The number of rotatable bonds is 2. The molecule has 2 heterocycles. The summed E-state index contributed by atoms with van der Waals surface area (Å²) in [5.41, 5.74) is 7.27. The van der Waals surface area contributed by atoms with E-state index in [0.717, 1.165) is 0 Å². The molecule has 0 aliphatic carbocycles. The molecule has 44 heavy (non-hydrogen) atoms. The maximum Gasteiger partial charge on any atom is 0.0479 e. The first kappa shape index (κ1) is 24.0. The number of fused-ring (bicyclic) bond motifs is 12. The number of aromatic nitrogens is 1. The van der Waals surface area contributed by atoms with Gasteiger partial charge in [-0.1, -0.05) is 109 Å². The van der Waals surface area contributed by atoms with Crippen LogP contribution in [0.15, 0.2) is 146 Å². The molecule has 8 aromatic carbocycles. The Labute approximate surface area is 257 Å². The lowest BCUT2D eigenvalue weighted by molar-refractivity contribution is 1.55. The van der Waals surface area contributed by atoms with Crippen molar-refractivity contribution in [3.05, 3.63) is 146 Å². The van der Waals surface area contributed by atoms with E-state index in [-0.39, 0.29) is 0 Å². The Bertz CT molecular complexity index is 2740. The molecular formula is C42H25NS. The molecule has 0 bridgehead atoms. The van der Waals surface area contributed by atoms with E-state index in [1.165, 1.54) is 96.5 Å². The SMILES string of the molecule is c1cc(-c2ccc3c(c2)[nH]c2cc4sc5ccccc5c4cc23)cc(-c2ccc3c4ccccc4c4ccccc4c3c2)c1. The molecule has 0 amide bonds. The molecule has 0 saturated heterocycles. The highest BCUT2D eigenvalue weighted by Crippen LogP contribution is 2.40. The monoisotopic (exact) mass is 575 g/mol. The fraction of sp³-hybridized carbons (Fsp3) is 0. The quantitative estimate of drug-likeness (QED) is 0.197. The number of hydrogen-bond acceptors (Lipinski definition) is 1. The predicted molar refractivity (Wildman–Crippen MR) is 192 cm³/mol. The minimum absolute atomic E-state index is 1.17. The normalized spacial score (nSPS) is 12.1. The molecule has 10 rings (SSSR count). The lowest BCUT2D eigenvalue weighted by atomic mass is 9.91. The third-order valence-corrected chi connectivity index (χ3v) is 10.5. The Morgan fingerprint density at radius 2 is 0.841 bits per heavy atom. The molecule has 1 nitrogen and oxygen atoms in total. The minimum Gasteiger partial charge on any atom is -0.354 e. The number of aromatic amines is 1. The molecule has 10 aromatic rings. The van der Waals surface area contributed by atoms with E-state index in [1.807, 2.05) is 11.3 Å². The summed E-state index contributed by atoms with van der Waals surface area (Å²) < 4.78 is 2.67. The predicted octanol–water partition coefficient (Wildman–Crippen LogP) is 12.5. The first-order valence-corrected chi connectivity index (χ1v) is 15.9. The van der Waals surface area contributed by atoms with Crippen molar-refractivity contribution in [2.45, 2.75) is 0 Å². The van der Waals surface area contributed by atoms with Crippen LogP contribution in [-0.2, 0) is 0 Å². The van der Waals surface area contributed by atoms with Crippen molar-refractivity contribution < 1.29 is 0 Å². The third-order valence-electron chi connectivity index (χ3n) is 9.37. The lowest BCUT2D eigenvalue weighted by Gasteiger charge is -2.12. The molecule has 1 N–H and O–H groups in total. The highest BCUT2D eigenvalue weighted by molar-refractivity contribution is 7.25. The van der Waals surface area contributed by atoms with Crippen molar-refractivity contribution >= 4 is 85.6 Å². The molecule has 0 atom stereocenters. The van der Waals surface area contributed by atoms with Crippen LogP contribution in [0, 0.1) is 0 Å². The summed E-state index contributed by atoms with van der Waals surface area (Å²) in [6, 6.07) is 53.7. The molecule has 0 aliphatic rings. The fourth-order valence-electron chi connectivity index (χ4n) is 7.27. The Morgan fingerprint density at radius 3 is 1.57 bits per heavy atom. The van der Waals surface area contributed by atoms with Gasteiger partial charge in [0.1, 0.15) is 0 Å². The van der Waals surface area contributed by atoms with Gasteiger partial charge in [0.05, 0.1) is 0 Å². The van der Waals surface area contributed by atoms with Gasteiger partial charge in [-0.25, -0.2) is 0 Å². The summed E-state index contributed by atoms with van der Waals surface area (Å²) in [4.78, 5) is 3.73. The Kier molecular flexibility index (Phi) is 4.94. The van der Waals surface area contributed by atoms with Crippen LogP contribution in [0.2, 0.25) is 0 Å². The van der Waals surface area contributed by atoms with Gasteiger partial charge in [-0.05, 0) is 91.0 Å². The van der Waals surface area contributed by atoms with Crippen LogP contribution in [0.1, 0.15) is 0 Å². The summed E-state index contributed by atoms with van der Waals surface area (Å²) in [6.07, 6.45) is 0. The summed E-state index contributed by atoms with van der Waals surface area (Å²) in [6.45, 7) is 0. The van der Waals surface area contributed by atoms with Crippen LogP contribution in [0.4, 0.5) is 0 Å². The van der Waals surface area contributed by atoms with Gasteiger partial charge in [0.2, 0.25) is 0 Å². The smallest absolute Gasteiger partial charge is 0.0479 e. The summed E-state index contributed by atoms with van der Waals surface area (Å²) in [7, 11) is 0.